The predicted molar refractivity (Wildman–Crippen MR) is 80.4 cm³/mol. The minimum atomic E-state index is -0.628. The lowest BCUT2D eigenvalue weighted by Crippen LogP contribution is -2.42. The average molecular weight is 301 g/mol. The van der Waals surface area contributed by atoms with Crippen LogP contribution in [0.15, 0.2) is 24.3 Å². The van der Waals surface area contributed by atoms with Gasteiger partial charge in [0.2, 0.25) is 5.91 Å². The number of nitrogens with zero attached hydrogens (tertiary/aromatic N) is 1. The third-order valence-corrected chi connectivity index (χ3v) is 4.01. The summed E-state index contributed by atoms with van der Waals surface area (Å²) >= 11 is 0. The second-order valence-corrected chi connectivity index (χ2v) is 5.77. The van der Waals surface area contributed by atoms with Crippen molar-refractivity contribution < 1.29 is 9.18 Å². The van der Waals surface area contributed by atoms with Crippen molar-refractivity contribution in [2.24, 2.45) is 11.7 Å². The quantitative estimate of drug-likeness (QED) is 0.931. The van der Waals surface area contributed by atoms with E-state index in [0.717, 1.165) is 25.1 Å². The Hall–Kier alpha value is -1.13. The van der Waals surface area contributed by atoms with Crippen LogP contribution >= 0.6 is 12.4 Å². The normalized spacial score (nSPS) is 18.8. The monoisotopic (exact) mass is 300 g/mol. The van der Waals surface area contributed by atoms with Crippen LogP contribution in [-0.4, -0.2) is 30.4 Å². The van der Waals surface area contributed by atoms with Gasteiger partial charge in [0.1, 0.15) is 5.82 Å². The molecule has 1 aliphatic rings. The van der Waals surface area contributed by atoms with Gasteiger partial charge in [-0.3, -0.25) is 4.79 Å². The smallest absolute Gasteiger partial charge is 0.232 e. The van der Waals surface area contributed by atoms with Crippen LogP contribution in [0.2, 0.25) is 0 Å². The van der Waals surface area contributed by atoms with Crippen molar-refractivity contribution >= 4 is 18.3 Å². The summed E-state index contributed by atoms with van der Waals surface area (Å²) in [5.41, 5.74) is 5.87. The van der Waals surface area contributed by atoms with Crippen molar-refractivity contribution in [1.82, 2.24) is 4.90 Å². The van der Waals surface area contributed by atoms with E-state index in [1.807, 2.05) is 18.7 Å². The molecule has 0 spiro atoms. The van der Waals surface area contributed by atoms with E-state index in [1.165, 1.54) is 12.1 Å². The Kier molecular flexibility index (Phi) is 5.54. The molecule has 1 aromatic carbocycles. The summed E-state index contributed by atoms with van der Waals surface area (Å²) in [6, 6.07) is 6.17. The Bertz CT molecular complexity index is 461. The molecule has 0 saturated carbocycles. The Labute approximate surface area is 125 Å². The third kappa shape index (κ3) is 3.30. The second kappa shape index (κ2) is 6.55. The van der Waals surface area contributed by atoms with Gasteiger partial charge in [0.15, 0.2) is 0 Å². The van der Waals surface area contributed by atoms with Crippen LogP contribution in [0.1, 0.15) is 25.8 Å². The highest BCUT2D eigenvalue weighted by atomic mass is 35.5. The molecule has 2 N–H and O–H groups in total. The van der Waals surface area contributed by atoms with E-state index in [9.17, 15) is 9.18 Å². The number of rotatable bonds is 3. The zero-order valence-corrected chi connectivity index (χ0v) is 12.8. The standard InChI is InChI=1S/C15H21FN2O.ClH/c1-15(2,12-3-5-13(16)6-4-12)14(19)18-8-7-11(9-17)10-18;/h3-6,11H,7-10,17H2,1-2H3;1H. The van der Waals surface area contributed by atoms with E-state index < -0.39 is 5.41 Å². The van der Waals surface area contributed by atoms with Gasteiger partial charge < -0.3 is 10.6 Å². The lowest BCUT2D eigenvalue weighted by Gasteiger charge is -2.29. The van der Waals surface area contributed by atoms with E-state index in [0.29, 0.717) is 12.5 Å². The molecular formula is C15H22ClFN2O. The molecule has 20 heavy (non-hydrogen) atoms. The summed E-state index contributed by atoms with van der Waals surface area (Å²) < 4.78 is 13.0. The second-order valence-electron chi connectivity index (χ2n) is 5.77. The number of halogens is 2. The van der Waals surface area contributed by atoms with Gasteiger partial charge >= 0.3 is 0 Å². The zero-order valence-electron chi connectivity index (χ0n) is 11.9. The van der Waals surface area contributed by atoms with Crippen LogP contribution < -0.4 is 5.73 Å². The average Bonchev–Trinajstić information content (AvgIpc) is 2.87. The molecule has 0 bridgehead atoms. The summed E-state index contributed by atoms with van der Waals surface area (Å²) in [5, 5.41) is 0. The number of nitrogens with two attached hydrogens (primary N) is 1. The molecule has 0 aliphatic carbocycles. The van der Waals surface area contributed by atoms with Crippen molar-refractivity contribution in [3.05, 3.63) is 35.6 Å². The molecule has 0 aromatic heterocycles. The van der Waals surface area contributed by atoms with E-state index in [4.69, 9.17) is 5.73 Å². The van der Waals surface area contributed by atoms with Gasteiger partial charge in [-0.05, 0) is 50.4 Å². The molecular weight excluding hydrogens is 279 g/mol. The minimum absolute atomic E-state index is 0. The van der Waals surface area contributed by atoms with Crippen LogP contribution in [0, 0.1) is 11.7 Å². The van der Waals surface area contributed by atoms with Crippen LogP contribution in [0.4, 0.5) is 4.39 Å². The lowest BCUT2D eigenvalue weighted by molar-refractivity contribution is -0.135. The molecule has 1 saturated heterocycles. The van der Waals surface area contributed by atoms with Crippen molar-refractivity contribution in [2.45, 2.75) is 25.7 Å². The fourth-order valence-corrected chi connectivity index (χ4v) is 2.59. The van der Waals surface area contributed by atoms with E-state index >= 15 is 0 Å². The third-order valence-electron chi connectivity index (χ3n) is 4.01. The lowest BCUT2D eigenvalue weighted by atomic mass is 9.83. The number of benzene rings is 1. The molecule has 1 aromatic rings. The number of carbonyl (C=O) groups is 1. The van der Waals surface area contributed by atoms with Crippen molar-refractivity contribution in [3.8, 4) is 0 Å². The predicted octanol–water partition coefficient (Wildman–Crippen LogP) is 2.33. The molecule has 3 nitrogen and oxygen atoms in total. The van der Waals surface area contributed by atoms with Crippen LogP contribution in [0.5, 0.6) is 0 Å². The Balaban J connectivity index is 0.00000200. The summed E-state index contributed by atoms with van der Waals surface area (Å²) in [5.74, 6) is 0.222. The maximum absolute atomic E-state index is 13.0. The van der Waals surface area contributed by atoms with Gasteiger partial charge in [0.05, 0.1) is 5.41 Å². The highest BCUT2D eigenvalue weighted by Gasteiger charge is 2.36. The zero-order chi connectivity index (χ0) is 14.0. The largest absolute Gasteiger partial charge is 0.342 e. The highest BCUT2D eigenvalue weighted by Crippen LogP contribution is 2.28. The van der Waals surface area contributed by atoms with E-state index in [1.54, 1.807) is 12.1 Å². The molecule has 1 atom stereocenters. The van der Waals surface area contributed by atoms with Gasteiger partial charge in [-0.1, -0.05) is 12.1 Å². The maximum Gasteiger partial charge on any atom is 0.232 e. The molecule has 5 heteroatoms. The molecule has 1 heterocycles. The van der Waals surface area contributed by atoms with E-state index in [-0.39, 0.29) is 24.1 Å². The Morgan fingerprint density at radius 2 is 2.00 bits per heavy atom. The SMILES string of the molecule is CC(C)(C(=O)N1CCC(CN)C1)c1ccc(F)cc1.Cl. The first-order valence-corrected chi connectivity index (χ1v) is 6.70. The molecule has 0 radical (unpaired) electrons. The van der Waals surface area contributed by atoms with Gasteiger partial charge in [0, 0.05) is 13.1 Å². The topological polar surface area (TPSA) is 46.3 Å². The van der Waals surface area contributed by atoms with Gasteiger partial charge in [0.25, 0.3) is 0 Å². The maximum atomic E-state index is 13.0. The number of amides is 1. The molecule has 1 amide bonds. The van der Waals surface area contributed by atoms with Gasteiger partial charge in [-0.2, -0.15) is 0 Å². The van der Waals surface area contributed by atoms with Crippen LogP contribution in [-0.2, 0) is 10.2 Å². The van der Waals surface area contributed by atoms with Crippen LogP contribution in [0.3, 0.4) is 0 Å². The van der Waals surface area contributed by atoms with E-state index in [2.05, 4.69) is 0 Å². The summed E-state index contributed by atoms with van der Waals surface area (Å²) in [6.07, 6.45) is 0.974. The van der Waals surface area contributed by atoms with Crippen molar-refractivity contribution in [1.29, 1.82) is 0 Å². The highest BCUT2D eigenvalue weighted by molar-refractivity contribution is 5.87. The first kappa shape index (κ1) is 16.9. The van der Waals surface area contributed by atoms with Crippen molar-refractivity contribution in [2.75, 3.05) is 19.6 Å². The fourth-order valence-electron chi connectivity index (χ4n) is 2.59. The number of hydrogen-bond donors (Lipinski definition) is 1. The van der Waals surface area contributed by atoms with Gasteiger partial charge in [-0.25, -0.2) is 4.39 Å². The fraction of sp³-hybridized carbons (Fsp3) is 0.533. The molecule has 112 valence electrons. The number of hydrogen-bond acceptors (Lipinski definition) is 2. The molecule has 1 unspecified atom stereocenters. The molecule has 1 fully saturated rings. The first-order valence-electron chi connectivity index (χ1n) is 6.70. The first-order chi connectivity index (χ1) is 8.95. The van der Waals surface area contributed by atoms with Crippen LogP contribution in [0.25, 0.3) is 0 Å². The number of carbonyl (C=O) groups excluding carboxylic acids is 1. The summed E-state index contributed by atoms with van der Waals surface area (Å²) in [6.45, 7) is 5.91. The summed E-state index contributed by atoms with van der Waals surface area (Å²) in [4.78, 5) is 14.5. The van der Waals surface area contributed by atoms with Crippen molar-refractivity contribution in [3.63, 3.8) is 0 Å². The van der Waals surface area contributed by atoms with Gasteiger partial charge in [-0.15, -0.1) is 12.4 Å². The number of likely N-dealkylation sites (tertiary alicyclic amines) is 1. The Morgan fingerprint density at radius 3 is 2.50 bits per heavy atom. The molecule has 1 aliphatic heterocycles. The Morgan fingerprint density at radius 1 is 1.40 bits per heavy atom. The summed E-state index contributed by atoms with van der Waals surface area (Å²) in [7, 11) is 0. The minimum Gasteiger partial charge on any atom is -0.342 e. The molecule has 2 rings (SSSR count).